The van der Waals surface area contributed by atoms with E-state index in [9.17, 15) is 9.59 Å². The number of amides is 2. The van der Waals surface area contributed by atoms with Gasteiger partial charge in [-0.05, 0) is 49.4 Å². The Kier molecular flexibility index (Phi) is 6.51. The summed E-state index contributed by atoms with van der Waals surface area (Å²) in [7, 11) is 1.73. The van der Waals surface area contributed by atoms with Gasteiger partial charge in [0.1, 0.15) is 23.3 Å². The number of hydrazone groups is 1. The normalized spacial score (nSPS) is 15.8. The number of carbonyl (C=O) groups is 2. The van der Waals surface area contributed by atoms with Crippen molar-refractivity contribution in [1.82, 2.24) is 9.91 Å². The summed E-state index contributed by atoms with van der Waals surface area (Å²) >= 11 is 0. The van der Waals surface area contributed by atoms with Crippen molar-refractivity contribution in [2.75, 3.05) is 25.5 Å². The first kappa shape index (κ1) is 21.6. The standard InChI is InChI=1S/C24H26N4O4/c1-3-17-8-4-5-9-18(17)25-23(29)15-27(2)16-24(30)28-20(22-11-7-13-32-22)14-19(26-28)21-10-6-12-31-21/h4-13,20H,3,14-16H2,1-2H3,(H,25,29). The van der Waals surface area contributed by atoms with Crippen LogP contribution in [0.15, 0.2) is 75.0 Å². The number of anilines is 1. The van der Waals surface area contributed by atoms with E-state index in [0.29, 0.717) is 23.7 Å². The lowest BCUT2D eigenvalue weighted by Crippen LogP contribution is -2.39. The number of aryl methyl sites for hydroxylation is 1. The van der Waals surface area contributed by atoms with Gasteiger partial charge >= 0.3 is 0 Å². The number of nitrogens with one attached hydrogen (secondary N) is 1. The molecule has 3 aromatic rings. The van der Waals surface area contributed by atoms with Crippen LogP contribution in [0.3, 0.4) is 0 Å². The predicted octanol–water partition coefficient (Wildman–Crippen LogP) is 3.68. The van der Waals surface area contributed by atoms with Gasteiger partial charge in [0.05, 0.1) is 25.6 Å². The van der Waals surface area contributed by atoms with Gasteiger partial charge in [-0.3, -0.25) is 14.5 Å². The maximum absolute atomic E-state index is 13.1. The van der Waals surface area contributed by atoms with Crippen LogP contribution in [-0.2, 0) is 16.0 Å². The predicted molar refractivity (Wildman–Crippen MR) is 120 cm³/mol. The van der Waals surface area contributed by atoms with Crippen molar-refractivity contribution in [2.45, 2.75) is 25.8 Å². The molecule has 0 saturated carbocycles. The minimum absolute atomic E-state index is 0.0367. The molecule has 2 aromatic heterocycles. The second kappa shape index (κ2) is 9.65. The number of rotatable bonds is 8. The molecule has 3 heterocycles. The van der Waals surface area contributed by atoms with E-state index in [2.05, 4.69) is 10.4 Å². The SMILES string of the molecule is CCc1ccccc1NC(=O)CN(C)CC(=O)N1N=C(c2ccco2)CC1c1ccco1. The van der Waals surface area contributed by atoms with Gasteiger partial charge in [0.25, 0.3) is 5.91 Å². The summed E-state index contributed by atoms with van der Waals surface area (Å²) in [5.41, 5.74) is 2.55. The van der Waals surface area contributed by atoms with Crippen LogP contribution >= 0.6 is 0 Å². The number of para-hydroxylation sites is 1. The van der Waals surface area contributed by atoms with Crippen molar-refractivity contribution < 1.29 is 18.4 Å². The van der Waals surface area contributed by atoms with Gasteiger partial charge in [-0.15, -0.1) is 0 Å². The third kappa shape index (κ3) is 4.81. The van der Waals surface area contributed by atoms with E-state index in [1.165, 1.54) is 5.01 Å². The fourth-order valence-electron chi connectivity index (χ4n) is 3.78. The van der Waals surface area contributed by atoms with Crippen LogP contribution in [0.2, 0.25) is 0 Å². The van der Waals surface area contributed by atoms with Crippen LogP contribution in [-0.4, -0.2) is 47.6 Å². The molecule has 32 heavy (non-hydrogen) atoms. The topological polar surface area (TPSA) is 91.3 Å². The van der Waals surface area contributed by atoms with E-state index >= 15 is 0 Å². The van der Waals surface area contributed by atoms with Gasteiger partial charge < -0.3 is 14.2 Å². The average Bonchev–Trinajstić information content (AvgIpc) is 3.54. The molecule has 0 radical (unpaired) electrons. The maximum atomic E-state index is 13.1. The number of carbonyl (C=O) groups excluding carboxylic acids is 2. The highest BCUT2D eigenvalue weighted by molar-refractivity contribution is 6.01. The van der Waals surface area contributed by atoms with Crippen molar-refractivity contribution in [3.8, 4) is 0 Å². The second-order valence-electron chi connectivity index (χ2n) is 7.73. The Morgan fingerprint density at radius 1 is 1.09 bits per heavy atom. The van der Waals surface area contributed by atoms with Crippen molar-refractivity contribution in [2.24, 2.45) is 5.10 Å². The quantitative estimate of drug-likeness (QED) is 0.584. The fourth-order valence-corrected chi connectivity index (χ4v) is 3.78. The van der Waals surface area contributed by atoms with Crippen LogP contribution in [0.5, 0.6) is 0 Å². The largest absolute Gasteiger partial charge is 0.467 e. The summed E-state index contributed by atoms with van der Waals surface area (Å²) in [6.07, 6.45) is 4.47. The van der Waals surface area contributed by atoms with Crippen LogP contribution in [0.1, 0.15) is 36.5 Å². The summed E-state index contributed by atoms with van der Waals surface area (Å²) in [5.74, 6) is 0.876. The van der Waals surface area contributed by atoms with Crippen molar-refractivity contribution >= 4 is 23.2 Å². The van der Waals surface area contributed by atoms with Gasteiger partial charge in [0, 0.05) is 12.1 Å². The minimum atomic E-state index is -0.351. The summed E-state index contributed by atoms with van der Waals surface area (Å²) in [5, 5.41) is 8.87. The number of nitrogens with zero attached hydrogens (tertiary/aromatic N) is 3. The van der Waals surface area contributed by atoms with E-state index in [4.69, 9.17) is 8.83 Å². The zero-order chi connectivity index (χ0) is 22.5. The van der Waals surface area contributed by atoms with Gasteiger partial charge in [-0.25, -0.2) is 5.01 Å². The molecule has 0 bridgehead atoms. The molecule has 0 saturated heterocycles. The van der Waals surface area contributed by atoms with Crippen molar-refractivity contribution in [3.63, 3.8) is 0 Å². The summed E-state index contributed by atoms with van der Waals surface area (Å²) in [6, 6.07) is 14.6. The minimum Gasteiger partial charge on any atom is -0.467 e. The Morgan fingerprint density at radius 2 is 1.88 bits per heavy atom. The first-order valence-electron chi connectivity index (χ1n) is 10.6. The number of likely N-dealkylation sites (N-methyl/N-ethyl adjacent to an activating group) is 1. The van der Waals surface area contributed by atoms with Crippen LogP contribution in [0.4, 0.5) is 5.69 Å². The molecule has 1 aliphatic heterocycles. The molecule has 8 nitrogen and oxygen atoms in total. The smallest absolute Gasteiger partial charge is 0.257 e. The monoisotopic (exact) mass is 434 g/mol. The summed E-state index contributed by atoms with van der Waals surface area (Å²) < 4.78 is 11.0. The molecule has 1 aliphatic rings. The molecular formula is C24H26N4O4. The molecule has 0 aliphatic carbocycles. The van der Waals surface area contributed by atoms with E-state index in [1.807, 2.05) is 43.3 Å². The number of benzene rings is 1. The Morgan fingerprint density at radius 3 is 2.59 bits per heavy atom. The third-order valence-corrected chi connectivity index (χ3v) is 5.33. The molecule has 1 aromatic carbocycles. The molecule has 0 spiro atoms. The molecule has 1 unspecified atom stereocenters. The first-order valence-corrected chi connectivity index (χ1v) is 10.6. The summed E-state index contributed by atoms with van der Waals surface area (Å²) in [4.78, 5) is 27.3. The van der Waals surface area contributed by atoms with Gasteiger partial charge in [0.2, 0.25) is 5.91 Å². The molecule has 166 valence electrons. The van der Waals surface area contributed by atoms with Crippen molar-refractivity contribution in [3.05, 3.63) is 78.1 Å². The van der Waals surface area contributed by atoms with Crippen LogP contribution in [0.25, 0.3) is 0 Å². The van der Waals surface area contributed by atoms with E-state index in [-0.39, 0.29) is 30.9 Å². The molecular weight excluding hydrogens is 408 g/mol. The molecule has 4 rings (SSSR count). The number of hydrogen-bond donors (Lipinski definition) is 1. The highest BCUT2D eigenvalue weighted by Crippen LogP contribution is 2.33. The highest BCUT2D eigenvalue weighted by atomic mass is 16.3. The molecule has 1 N–H and O–H groups in total. The Bertz CT molecular complexity index is 1090. The molecule has 8 heteroatoms. The van der Waals surface area contributed by atoms with Crippen LogP contribution in [0, 0.1) is 0 Å². The van der Waals surface area contributed by atoms with Gasteiger partial charge in [-0.1, -0.05) is 25.1 Å². The zero-order valence-electron chi connectivity index (χ0n) is 18.2. The van der Waals surface area contributed by atoms with Crippen LogP contribution < -0.4 is 5.32 Å². The maximum Gasteiger partial charge on any atom is 0.257 e. The Hall–Kier alpha value is -3.65. The Balaban J connectivity index is 1.41. The number of furan rings is 2. The lowest BCUT2D eigenvalue weighted by molar-refractivity contribution is -0.134. The van der Waals surface area contributed by atoms with E-state index in [1.54, 1.807) is 36.6 Å². The zero-order valence-corrected chi connectivity index (χ0v) is 18.2. The fraction of sp³-hybridized carbons (Fsp3) is 0.292. The molecule has 1 atom stereocenters. The number of hydrogen-bond acceptors (Lipinski definition) is 6. The van der Waals surface area contributed by atoms with E-state index in [0.717, 1.165) is 17.7 Å². The van der Waals surface area contributed by atoms with Gasteiger partial charge in [0.15, 0.2) is 0 Å². The average molecular weight is 434 g/mol. The van der Waals surface area contributed by atoms with E-state index < -0.39 is 0 Å². The first-order chi connectivity index (χ1) is 15.5. The third-order valence-electron chi connectivity index (χ3n) is 5.33. The summed E-state index contributed by atoms with van der Waals surface area (Å²) in [6.45, 7) is 2.16. The lowest BCUT2D eigenvalue weighted by atomic mass is 10.1. The Labute approximate surface area is 186 Å². The highest BCUT2D eigenvalue weighted by Gasteiger charge is 2.36. The molecule has 2 amide bonds. The lowest BCUT2D eigenvalue weighted by Gasteiger charge is -2.23. The van der Waals surface area contributed by atoms with Crippen molar-refractivity contribution in [1.29, 1.82) is 0 Å². The molecule has 0 fully saturated rings. The second-order valence-corrected chi connectivity index (χ2v) is 7.73. The van der Waals surface area contributed by atoms with Gasteiger partial charge in [-0.2, -0.15) is 5.10 Å².